The average molecular weight is 440 g/mol. The first kappa shape index (κ1) is 20.2. The van der Waals surface area contributed by atoms with Crippen LogP contribution in [0.2, 0.25) is 10.0 Å². The molecular formula is C19H13Cl3N2O4. The van der Waals surface area contributed by atoms with Crippen LogP contribution in [0.25, 0.3) is 0 Å². The molecule has 1 heterocycles. The minimum absolute atomic E-state index is 0.122. The number of carbonyl (C=O) groups is 3. The first-order valence-corrected chi connectivity index (χ1v) is 9.24. The highest BCUT2D eigenvalue weighted by molar-refractivity contribution is 6.53. The van der Waals surface area contributed by atoms with Gasteiger partial charge in [-0.25, -0.2) is 9.69 Å². The molecule has 2 amide bonds. The lowest BCUT2D eigenvalue weighted by atomic mass is 10.2. The Hall–Kier alpha value is -2.54. The third-order valence-electron chi connectivity index (χ3n) is 3.78. The number of hydrogen-bond donors (Lipinski definition) is 1. The van der Waals surface area contributed by atoms with Gasteiger partial charge in [-0.2, -0.15) is 0 Å². The molecule has 0 saturated heterocycles. The number of rotatable bonds is 5. The zero-order valence-electron chi connectivity index (χ0n) is 14.5. The van der Waals surface area contributed by atoms with Crippen LogP contribution in [-0.4, -0.2) is 24.4 Å². The molecule has 0 atom stereocenters. The Labute approximate surface area is 175 Å². The van der Waals surface area contributed by atoms with Crippen LogP contribution in [-0.2, 0) is 14.3 Å². The van der Waals surface area contributed by atoms with Crippen molar-refractivity contribution in [1.29, 1.82) is 0 Å². The Balaban J connectivity index is 1.89. The van der Waals surface area contributed by atoms with E-state index in [1.807, 2.05) is 0 Å². The van der Waals surface area contributed by atoms with E-state index in [1.54, 1.807) is 25.1 Å². The maximum absolute atomic E-state index is 12.8. The number of nitrogens with one attached hydrogen (secondary N) is 1. The molecule has 0 spiro atoms. The zero-order valence-corrected chi connectivity index (χ0v) is 16.7. The molecule has 0 radical (unpaired) electrons. The molecule has 0 fully saturated rings. The fraction of sp³-hybridized carbons (Fsp3) is 0.105. The van der Waals surface area contributed by atoms with Crippen molar-refractivity contribution in [2.45, 2.75) is 6.92 Å². The molecule has 2 aromatic carbocycles. The molecule has 0 aliphatic carbocycles. The van der Waals surface area contributed by atoms with Crippen molar-refractivity contribution in [3.05, 3.63) is 68.8 Å². The van der Waals surface area contributed by atoms with Gasteiger partial charge in [0.1, 0.15) is 10.7 Å². The van der Waals surface area contributed by atoms with Gasteiger partial charge in [0.25, 0.3) is 11.8 Å². The van der Waals surface area contributed by atoms with E-state index in [2.05, 4.69) is 5.32 Å². The second-order valence-electron chi connectivity index (χ2n) is 5.69. The molecule has 1 aliphatic heterocycles. The lowest BCUT2D eigenvalue weighted by Gasteiger charge is -2.16. The number of esters is 1. The average Bonchev–Trinajstić information content (AvgIpc) is 2.85. The van der Waals surface area contributed by atoms with Gasteiger partial charge in [0.15, 0.2) is 0 Å². The van der Waals surface area contributed by atoms with Crippen molar-refractivity contribution in [3.63, 3.8) is 0 Å². The Morgan fingerprint density at radius 3 is 2.36 bits per heavy atom. The van der Waals surface area contributed by atoms with Gasteiger partial charge in [-0.3, -0.25) is 9.59 Å². The molecule has 6 nitrogen and oxygen atoms in total. The fourth-order valence-corrected chi connectivity index (χ4v) is 3.32. The lowest BCUT2D eigenvalue weighted by molar-refractivity contribution is -0.120. The molecule has 144 valence electrons. The van der Waals surface area contributed by atoms with Crippen molar-refractivity contribution in [3.8, 4) is 0 Å². The van der Waals surface area contributed by atoms with Crippen molar-refractivity contribution in [2.24, 2.45) is 0 Å². The third kappa shape index (κ3) is 3.99. The van der Waals surface area contributed by atoms with Gasteiger partial charge in [0.2, 0.25) is 0 Å². The van der Waals surface area contributed by atoms with Crippen LogP contribution in [0.15, 0.2) is 53.2 Å². The van der Waals surface area contributed by atoms with Gasteiger partial charge < -0.3 is 10.1 Å². The van der Waals surface area contributed by atoms with Crippen molar-refractivity contribution in [1.82, 2.24) is 0 Å². The smallest absolute Gasteiger partial charge is 0.338 e. The van der Waals surface area contributed by atoms with Crippen molar-refractivity contribution in [2.75, 3.05) is 16.8 Å². The Morgan fingerprint density at radius 1 is 1.04 bits per heavy atom. The van der Waals surface area contributed by atoms with E-state index >= 15 is 0 Å². The molecule has 0 bridgehead atoms. The Kier molecular flexibility index (Phi) is 5.93. The standard InChI is InChI=1S/C19H13Cl3N2O4/c1-2-28-19(27)10-4-3-5-13(6-10)23-16-15(22)17(25)24(18(16)26)14-8-11(20)7-12(21)9-14/h3-9,23H,2H2,1H3. The second kappa shape index (κ2) is 8.22. The van der Waals surface area contributed by atoms with Crippen LogP contribution >= 0.6 is 34.8 Å². The highest BCUT2D eigenvalue weighted by atomic mass is 35.5. The summed E-state index contributed by atoms with van der Waals surface area (Å²) in [6, 6.07) is 10.6. The molecule has 28 heavy (non-hydrogen) atoms. The van der Waals surface area contributed by atoms with E-state index in [9.17, 15) is 14.4 Å². The number of ether oxygens (including phenoxy) is 1. The van der Waals surface area contributed by atoms with Crippen molar-refractivity contribution < 1.29 is 19.1 Å². The van der Waals surface area contributed by atoms with E-state index in [0.717, 1.165) is 4.90 Å². The van der Waals surface area contributed by atoms with E-state index in [0.29, 0.717) is 11.3 Å². The summed E-state index contributed by atoms with van der Waals surface area (Å²) in [5.41, 5.74) is 0.760. The lowest BCUT2D eigenvalue weighted by Crippen LogP contribution is -2.32. The summed E-state index contributed by atoms with van der Waals surface area (Å²) in [6.07, 6.45) is 0. The van der Waals surface area contributed by atoms with Gasteiger partial charge in [0.05, 0.1) is 17.9 Å². The first-order valence-electron chi connectivity index (χ1n) is 8.10. The maximum atomic E-state index is 12.8. The fourth-order valence-electron chi connectivity index (χ4n) is 2.60. The highest BCUT2D eigenvalue weighted by Crippen LogP contribution is 2.33. The molecule has 0 aromatic heterocycles. The molecule has 0 unspecified atom stereocenters. The number of imide groups is 1. The largest absolute Gasteiger partial charge is 0.462 e. The Morgan fingerprint density at radius 2 is 1.71 bits per heavy atom. The number of carbonyl (C=O) groups excluding carboxylic acids is 3. The summed E-state index contributed by atoms with van der Waals surface area (Å²) >= 11 is 18.0. The zero-order chi connectivity index (χ0) is 20.4. The normalized spacial score (nSPS) is 13.9. The minimum Gasteiger partial charge on any atom is -0.462 e. The van der Waals surface area contributed by atoms with Gasteiger partial charge in [-0.05, 0) is 43.3 Å². The minimum atomic E-state index is -0.714. The van der Waals surface area contributed by atoms with Crippen LogP contribution in [0.3, 0.4) is 0 Å². The first-order chi connectivity index (χ1) is 13.3. The SMILES string of the molecule is CCOC(=O)c1cccc(NC2=C(Cl)C(=O)N(c3cc(Cl)cc(Cl)c3)C2=O)c1. The van der Waals surface area contributed by atoms with Crippen LogP contribution in [0.5, 0.6) is 0 Å². The van der Waals surface area contributed by atoms with Crippen molar-refractivity contribution >= 4 is 64.0 Å². The molecule has 1 aliphatic rings. The molecule has 3 rings (SSSR count). The molecule has 2 aromatic rings. The molecule has 1 N–H and O–H groups in total. The summed E-state index contributed by atoms with van der Waals surface area (Å²) in [5.74, 6) is -1.89. The van der Waals surface area contributed by atoms with Crippen LogP contribution < -0.4 is 10.2 Å². The number of hydrogen-bond acceptors (Lipinski definition) is 5. The monoisotopic (exact) mass is 438 g/mol. The van der Waals surface area contributed by atoms with E-state index in [1.165, 1.54) is 24.3 Å². The van der Waals surface area contributed by atoms with E-state index in [4.69, 9.17) is 39.5 Å². The van der Waals surface area contributed by atoms with E-state index < -0.39 is 17.8 Å². The van der Waals surface area contributed by atoms with Gasteiger partial charge >= 0.3 is 5.97 Å². The second-order valence-corrected chi connectivity index (χ2v) is 6.94. The summed E-state index contributed by atoms with van der Waals surface area (Å²) < 4.78 is 4.95. The van der Waals surface area contributed by atoms with E-state index in [-0.39, 0.29) is 33.1 Å². The molecule has 0 saturated carbocycles. The predicted octanol–water partition coefficient (Wildman–Crippen LogP) is 4.61. The third-order valence-corrected chi connectivity index (χ3v) is 4.56. The number of amides is 2. The number of benzene rings is 2. The summed E-state index contributed by atoms with van der Waals surface area (Å²) in [4.78, 5) is 38.1. The summed E-state index contributed by atoms with van der Waals surface area (Å²) in [7, 11) is 0. The summed E-state index contributed by atoms with van der Waals surface area (Å²) in [6.45, 7) is 1.93. The summed E-state index contributed by atoms with van der Waals surface area (Å²) in [5, 5.41) is 3.04. The maximum Gasteiger partial charge on any atom is 0.338 e. The van der Waals surface area contributed by atoms with Crippen LogP contribution in [0.1, 0.15) is 17.3 Å². The number of anilines is 2. The number of halogens is 3. The highest BCUT2D eigenvalue weighted by Gasteiger charge is 2.39. The topological polar surface area (TPSA) is 75.7 Å². The Bertz CT molecular complexity index is 1000. The predicted molar refractivity (Wildman–Crippen MR) is 108 cm³/mol. The molecule has 9 heteroatoms. The van der Waals surface area contributed by atoms with Crippen LogP contribution in [0.4, 0.5) is 11.4 Å². The molecular weight excluding hydrogens is 427 g/mol. The van der Waals surface area contributed by atoms with Crippen LogP contribution in [0, 0.1) is 0 Å². The van der Waals surface area contributed by atoms with Gasteiger partial charge in [0, 0.05) is 15.7 Å². The van der Waals surface area contributed by atoms with Gasteiger partial charge in [-0.15, -0.1) is 0 Å². The number of nitrogens with zero attached hydrogens (tertiary/aromatic N) is 1. The quantitative estimate of drug-likeness (QED) is 0.544. The van der Waals surface area contributed by atoms with Gasteiger partial charge in [-0.1, -0.05) is 40.9 Å².